The van der Waals surface area contributed by atoms with Gasteiger partial charge in [-0.05, 0) is 26.0 Å². The molecule has 1 aliphatic heterocycles. The first-order valence-corrected chi connectivity index (χ1v) is 8.36. The van der Waals surface area contributed by atoms with E-state index in [1.807, 2.05) is 31.2 Å². The van der Waals surface area contributed by atoms with Crippen molar-refractivity contribution >= 4 is 12.0 Å². The van der Waals surface area contributed by atoms with Crippen molar-refractivity contribution in [3.8, 4) is 5.69 Å². The number of carbonyl (C=O) groups is 2. The number of hydrogen-bond donors (Lipinski definition) is 1. The number of amides is 2. The summed E-state index contributed by atoms with van der Waals surface area (Å²) in [5.74, 6) is -0.455. The summed E-state index contributed by atoms with van der Waals surface area (Å²) < 4.78 is 6.94. The van der Waals surface area contributed by atoms with Gasteiger partial charge in [0.25, 0.3) is 0 Å². The second kappa shape index (κ2) is 6.96. The molecule has 1 aliphatic rings. The van der Waals surface area contributed by atoms with Gasteiger partial charge in [0.05, 0.1) is 24.5 Å². The molecule has 0 saturated carbocycles. The number of nitrogens with one attached hydrogen (secondary N) is 1. The van der Waals surface area contributed by atoms with Crippen LogP contribution in [0.1, 0.15) is 34.2 Å². The quantitative estimate of drug-likeness (QED) is 0.866. The van der Waals surface area contributed by atoms with Crippen LogP contribution < -0.4 is 5.32 Å². The van der Waals surface area contributed by atoms with Gasteiger partial charge in [0.1, 0.15) is 0 Å². The topological polar surface area (TPSA) is 76.5 Å². The lowest BCUT2D eigenvalue weighted by Gasteiger charge is -2.27. The van der Waals surface area contributed by atoms with Crippen LogP contribution >= 0.6 is 0 Å². The highest BCUT2D eigenvalue weighted by Gasteiger charge is 2.30. The van der Waals surface area contributed by atoms with Gasteiger partial charge in [-0.3, -0.25) is 0 Å². The number of fused-ring (bicyclic) bond motifs is 1. The lowest BCUT2D eigenvalue weighted by atomic mass is 10.0. The molecule has 0 saturated heterocycles. The Morgan fingerprint density at radius 3 is 2.64 bits per heavy atom. The number of carbonyl (C=O) groups excluding carboxylic acids is 2. The van der Waals surface area contributed by atoms with Crippen LogP contribution in [0.5, 0.6) is 0 Å². The van der Waals surface area contributed by atoms with E-state index in [9.17, 15) is 9.59 Å². The summed E-state index contributed by atoms with van der Waals surface area (Å²) in [6.07, 6.45) is 0.628. The average molecular weight is 342 g/mol. The molecular formula is C18H22N4O3. The lowest BCUT2D eigenvalue weighted by molar-refractivity contribution is 0.0516. The standard InChI is InChI=1S/C18H22N4O3/c1-4-25-17(23)16-14-11-21(18(24)19-3)10-9-15(14)22(20-16)13-7-5-12(2)6-8-13/h5-8H,4,9-11H2,1-3H3,(H,19,24). The number of urea groups is 1. The van der Waals surface area contributed by atoms with Gasteiger partial charge < -0.3 is 15.0 Å². The molecular weight excluding hydrogens is 320 g/mol. The Morgan fingerprint density at radius 1 is 1.28 bits per heavy atom. The van der Waals surface area contributed by atoms with Crippen molar-refractivity contribution in [2.45, 2.75) is 26.8 Å². The minimum atomic E-state index is -0.455. The summed E-state index contributed by atoms with van der Waals surface area (Å²) in [7, 11) is 1.60. The summed E-state index contributed by atoms with van der Waals surface area (Å²) in [6.45, 7) is 4.98. The maximum atomic E-state index is 12.3. The molecule has 2 aromatic rings. The van der Waals surface area contributed by atoms with Crippen LogP contribution in [0.2, 0.25) is 0 Å². The number of nitrogens with zero attached hydrogens (tertiary/aromatic N) is 3. The van der Waals surface area contributed by atoms with Crippen LogP contribution in [0.15, 0.2) is 24.3 Å². The summed E-state index contributed by atoms with van der Waals surface area (Å²) in [6, 6.07) is 7.80. The van der Waals surface area contributed by atoms with E-state index in [2.05, 4.69) is 10.4 Å². The Labute approximate surface area is 146 Å². The van der Waals surface area contributed by atoms with Crippen molar-refractivity contribution < 1.29 is 14.3 Å². The molecule has 0 fully saturated rings. The number of rotatable bonds is 3. The van der Waals surface area contributed by atoms with E-state index in [1.165, 1.54) is 0 Å². The predicted molar refractivity (Wildman–Crippen MR) is 92.8 cm³/mol. The highest BCUT2D eigenvalue weighted by molar-refractivity contribution is 5.89. The van der Waals surface area contributed by atoms with Crippen LogP contribution in [0.25, 0.3) is 5.69 Å². The van der Waals surface area contributed by atoms with E-state index >= 15 is 0 Å². The van der Waals surface area contributed by atoms with Crippen LogP contribution in [0, 0.1) is 6.92 Å². The van der Waals surface area contributed by atoms with Gasteiger partial charge in [-0.15, -0.1) is 0 Å². The maximum absolute atomic E-state index is 12.3. The van der Waals surface area contributed by atoms with Gasteiger partial charge in [-0.1, -0.05) is 17.7 Å². The number of ether oxygens (including phenoxy) is 1. The first-order valence-electron chi connectivity index (χ1n) is 8.36. The van der Waals surface area contributed by atoms with Gasteiger partial charge in [0.2, 0.25) is 0 Å². The number of benzene rings is 1. The third kappa shape index (κ3) is 3.22. The molecule has 0 spiro atoms. The largest absolute Gasteiger partial charge is 0.461 e. The molecule has 25 heavy (non-hydrogen) atoms. The fourth-order valence-corrected chi connectivity index (χ4v) is 3.01. The molecule has 1 N–H and O–H groups in total. The van der Waals surface area contributed by atoms with E-state index in [-0.39, 0.29) is 18.3 Å². The fourth-order valence-electron chi connectivity index (χ4n) is 3.01. The Morgan fingerprint density at radius 2 is 2.00 bits per heavy atom. The highest BCUT2D eigenvalue weighted by atomic mass is 16.5. The molecule has 0 aliphatic carbocycles. The SMILES string of the molecule is CCOC(=O)c1nn(-c2ccc(C)cc2)c2c1CN(C(=O)NC)CC2. The molecule has 2 heterocycles. The van der Waals surface area contributed by atoms with Crippen molar-refractivity contribution in [2.24, 2.45) is 0 Å². The Kier molecular flexibility index (Phi) is 4.74. The first-order chi connectivity index (χ1) is 12.0. The molecule has 0 unspecified atom stereocenters. The van der Waals surface area contributed by atoms with E-state index in [1.54, 1.807) is 23.6 Å². The lowest BCUT2D eigenvalue weighted by Crippen LogP contribution is -2.41. The van der Waals surface area contributed by atoms with Gasteiger partial charge in [0, 0.05) is 25.6 Å². The minimum absolute atomic E-state index is 0.163. The van der Waals surface area contributed by atoms with Gasteiger partial charge in [-0.2, -0.15) is 5.10 Å². The van der Waals surface area contributed by atoms with Crippen molar-refractivity contribution in [3.63, 3.8) is 0 Å². The Bertz CT molecular complexity index is 795. The number of aromatic nitrogens is 2. The van der Waals surface area contributed by atoms with Crippen LogP contribution in [0.3, 0.4) is 0 Å². The van der Waals surface area contributed by atoms with Crippen molar-refractivity contribution in [3.05, 3.63) is 46.8 Å². The number of hydrogen-bond acceptors (Lipinski definition) is 4. The predicted octanol–water partition coefficient (Wildman–Crippen LogP) is 2.05. The first kappa shape index (κ1) is 17.0. The maximum Gasteiger partial charge on any atom is 0.359 e. The molecule has 132 valence electrons. The van der Waals surface area contributed by atoms with Crippen molar-refractivity contribution in [1.82, 2.24) is 20.0 Å². The molecule has 3 rings (SSSR count). The zero-order valence-electron chi connectivity index (χ0n) is 14.7. The monoisotopic (exact) mass is 342 g/mol. The molecule has 7 heteroatoms. The van der Waals surface area contributed by atoms with Crippen LogP contribution in [0.4, 0.5) is 4.79 Å². The molecule has 0 atom stereocenters. The number of esters is 1. The van der Waals surface area contributed by atoms with E-state index < -0.39 is 5.97 Å². The van der Waals surface area contributed by atoms with Crippen LogP contribution in [-0.4, -0.2) is 46.9 Å². The Hall–Kier alpha value is -2.83. The molecule has 1 aromatic carbocycles. The molecule has 2 amide bonds. The minimum Gasteiger partial charge on any atom is -0.461 e. The van der Waals surface area contributed by atoms with E-state index in [0.29, 0.717) is 19.5 Å². The smallest absolute Gasteiger partial charge is 0.359 e. The third-order valence-electron chi connectivity index (χ3n) is 4.31. The summed E-state index contributed by atoms with van der Waals surface area (Å²) >= 11 is 0. The fraction of sp³-hybridized carbons (Fsp3) is 0.389. The normalized spacial score (nSPS) is 13.3. The average Bonchev–Trinajstić information content (AvgIpc) is 3.01. The van der Waals surface area contributed by atoms with Gasteiger partial charge in [0.15, 0.2) is 5.69 Å². The van der Waals surface area contributed by atoms with Gasteiger partial charge >= 0.3 is 12.0 Å². The van der Waals surface area contributed by atoms with Gasteiger partial charge in [-0.25, -0.2) is 14.3 Å². The van der Waals surface area contributed by atoms with Crippen LogP contribution in [-0.2, 0) is 17.7 Å². The molecule has 7 nitrogen and oxygen atoms in total. The zero-order valence-corrected chi connectivity index (χ0v) is 14.7. The van der Waals surface area contributed by atoms with Crippen molar-refractivity contribution in [2.75, 3.05) is 20.2 Å². The summed E-state index contributed by atoms with van der Waals surface area (Å²) in [5.41, 5.74) is 4.04. The third-order valence-corrected chi connectivity index (χ3v) is 4.31. The summed E-state index contributed by atoms with van der Waals surface area (Å²) in [4.78, 5) is 26.0. The highest BCUT2D eigenvalue weighted by Crippen LogP contribution is 2.26. The molecule has 0 bridgehead atoms. The molecule has 1 aromatic heterocycles. The second-order valence-electron chi connectivity index (χ2n) is 5.97. The molecule has 0 radical (unpaired) electrons. The van der Waals surface area contributed by atoms with Crippen molar-refractivity contribution in [1.29, 1.82) is 0 Å². The zero-order chi connectivity index (χ0) is 18.0. The number of aryl methyl sites for hydroxylation is 1. The second-order valence-corrected chi connectivity index (χ2v) is 5.97. The summed E-state index contributed by atoms with van der Waals surface area (Å²) in [5, 5.41) is 7.14. The Balaban J connectivity index is 2.05. The van der Waals surface area contributed by atoms with E-state index in [4.69, 9.17) is 4.74 Å². The van der Waals surface area contributed by atoms with E-state index in [0.717, 1.165) is 22.5 Å².